The van der Waals surface area contributed by atoms with Gasteiger partial charge in [-0.05, 0) is 31.0 Å². The van der Waals surface area contributed by atoms with Gasteiger partial charge in [0.15, 0.2) is 10.8 Å². The van der Waals surface area contributed by atoms with E-state index >= 15 is 0 Å². The fourth-order valence-electron chi connectivity index (χ4n) is 4.28. The third-order valence-corrected chi connectivity index (χ3v) is 7.08. The molecule has 8 nitrogen and oxygen atoms in total. The lowest BCUT2D eigenvalue weighted by atomic mass is 10.1. The van der Waals surface area contributed by atoms with E-state index in [0.717, 1.165) is 38.3 Å². The van der Waals surface area contributed by atoms with Crippen LogP contribution in [0.5, 0.6) is 0 Å². The molecule has 0 spiro atoms. The number of fused-ring (bicyclic) bond motifs is 1. The van der Waals surface area contributed by atoms with E-state index in [1.54, 1.807) is 4.68 Å². The summed E-state index contributed by atoms with van der Waals surface area (Å²) < 4.78 is 1.65. The highest BCUT2D eigenvalue weighted by molar-refractivity contribution is 7.99. The molecule has 35 heavy (non-hydrogen) atoms. The van der Waals surface area contributed by atoms with Crippen LogP contribution in [0.25, 0.3) is 16.7 Å². The van der Waals surface area contributed by atoms with Gasteiger partial charge < -0.3 is 9.88 Å². The Hall–Kier alpha value is -3.43. The number of carbonyl (C=O) groups excluding carboxylic acids is 1. The highest BCUT2D eigenvalue weighted by Crippen LogP contribution is 2.19. The predicted molar refractivity (Wildman–Crippen MR) is 138 cm³/mol. The maximum atomic E-state index is 13.0. The van der Waals surface area contributed by atoms with Gasteiger partial charge in [-0.25, -0.2) is 9.67 Å². The van der Waals surface area contributed by atoms with Gasteiger partial charge in [0.1, 0.15) is 5.39 Å². The number of H-pyrrole nitrogens is 1. The number of aryl methyl sites for hydroxylation is 1. The van der Waals surface area contributed by atoms with Crippen molar-refractivity contribution in [3.05, 3.63) is 82.3 Å². The van der Waals surface area contributed by atoms with Gasteiger partial charge in [-0.2, -0.15) is 5.10 Å². The summed E-state index contributed by atoms with van der Waals surface area (Å²) in [6, 6.07) is 18.2. The van der Waals surface area contributed by atoms with Crippen molar-refractivity contribution in [3.63, 3.8) is 0 Å². The summed E-state index contributed by atoms with van der Waals surface area (Å²) in [6.45, 7) is 6.26. The number of hydrogen-bond donors (Lipinski definition) is 1. The minimum atomic E-state index is -0.256. The summed E-state index contributed by atoms with van der Waals surface area (Å²) in [5.74, 6) is 0.290. The summed E-state index contributed by atoms with van der Waals surface area (Å²) in [6.07, 6.45) is 2.47. The number of benzene rings is 2. The van der Waals surface area contributed by atoms with E-state index in [1.807, 2.05) is 35.2 Å². The smallest absolute Gasteiger partial charge is 0.262 e. The van der Waals surface area contributed by atoms with Crippen molar-refractivity contribution < 1.29 is 4.79 Å². The molecule has 1 N–H and O–H groups in total. The Kier molecular flexibility index (Phi) is 6.96. The second kappa shape index (κ2) is 10.5. The maximum absolute atomic E-state index is 13.0. The number of rotatable bonds is 6. The first-order chi connectivity index (χ1) is 17.1. The van der Waals surface area contributed by atoms with Crippen molar-refractivity contribution in [1.82, 2.24) is 29.5 Å². The Labute approximate surface area is 208 Å². The van der Waals surface area contributed by atoms with Gasteiger partial charge in [0, 0.05) is 32.7 Å². The number of aromatic amines is 1. The van der Waals surface area contributed by atoms with Gasteiger partial charge in [0.2, 0.25) is 5.91 Å². The molecule has 180 valence electrons. The molecule has 0 radical (unpaired) electrons. The number of amides is 1. The zero-order chi connectivity index (χ0) is 24.2. The second-order valence-electron chi connectivity index (χ2n) is 8.79. The Morgan fingerprint density at radius 2 is 1.83 bits per heavy atom. The molecule has 5 rings (SSSR count). The summed E-state index contributed by atoms with van der Waals surface area (Å²) in [5.41, 5.74) is 3.61. The van der Waals surface area contributed by atoms with Crippen LogP contribution < -0.4 is 5.56 Å². The molecule has 1 fully saturated rings. The fourth-order valence-corrected chi connectivity index (χ4v) is 5.03. The molecule has 1 saturated heterocycles. The molecule has 9 heteroatoms. The molecule has 0 aliphatic carbocycles. The highest BCUT2D eigenvalue weighted by Gasteiger charge is 2.20. The number of para-hydroxylation sites is 1. The minimum Gasteiger partial charge on any atom is -0.341 e. The van der Waals surface area contributed by atoms with Crippen molar-refractivity contribution >= 4 is 28.7 Å². The molecule has 0 atom stereocenters. The Bertz CT molecular complexity index is 1370. The maximum Gasteiger partial charge on any atom is 0.262 e. The second-order valence-corrected chi connectivity index (χ2v) is 9.75. The van der Waals surface area contributed by atoms with E-state index in [1.165, 1.54) is 29.1 Å². The van der Waals surface area contributed by atoms with Crippen molar-refractivity contribution in [1.29, 1.82) is 0 Å². The van der Waals surface area contributed by atoms with Crippen LogP contribution in [-0.4, -0.2) is 67.4 Å². The minimum absolute atomic E-state index is 0.0616. The molecule has 4 aromatic rings. The van der Waals surface area contributed by atoms with E-state index in [2.05, 4.69) is 51.2 Å². The molecule has 1 amide bonds. The first-order valence-electron chi connectivity index (χ1n) is 11.8. The first-order valence-corrected chi connectivity index (χ1v) is 12.8. The standard InChI is InChI=1S/C26H28N6O2S/c1-19-8-10-20(11-9-19)17-30-12-5-13-31(15-14-30)23(33)18-35-26-28-24-22(25(34)29-26)16-27-32(24)21-6-3-2-4-7-21/h2-4,6-11,16H,5,12-15,17-18H2,1H3,(H,28,29,34). The zero-order valence-corrected chi connectivity index (χ0v) is 20.5. The number of nitrogens with one attached hydrogen (secondary N) is 1. The average Bonchev–Trinajstić information content (AvgIpc) is 3.17. The summed E-state index contributed by atoms with van der Waals surface area (Å²) in [4.78, 5) is 37.3. The van der Waals surface area contributed by atoms with E-state index in [4.69, 9.17) is 0 Å². The van der Waals surface area contributed by atoms with Crippen molar-refractivity contribution in [2.45, 2.75) is 25.0 Å². The summed E-state index contributed by atoms with van der Waals surface area (Å²) in [7, 11) is 0. The Morgan fingerprint density at radius 1 is 1.03 bits per heavy atom. The van der Waals surface area contributed by atoms with E-state index in [0.29, 0.717) is 22.7 Å². The van der Waals surface area contributed by atoms with Crippen molar-refractivity contribution in [3.8, 4) is 5.69 Å². The number of nitrogens with zero attached hydrogens (tertiary/aromatic N) is 5. The molecular formula is C26H28N6O2S. The van der Waals surface area contributed by atoms with Crippen LogP contribution in [0, 0.1) is 6.92 Å². The number of carbonyl (C=O) groups is 1. The Balaban J connectivity index is 1.22. The number of aromatic nitrogens is 4. The third kappa shape index (κ3) is 5.47. The Morgan fingerprint density at radius 3 is 2.63 bits per heavy atom. The fraction of sp³-hybridized carbons (Fsp3) is 0.308. The van der Waals surface area contributed by atoms with E-state index in [9.17, 15) is 9.59 Å². The molecule has 0 unspecified atom stereocenters. The lowest BCUT2D eigenvalue weighted by Gasteiger charge is -2.22. The van der Waals surface area contributed by atoms with Gasteiger partial charge in [0.25, 0.3) is 5.56 Å². The lowest BCUT2D eigenvalue weighted by Crippen LogP contribution is -2.36. The molecule has 0 saturated carbocycles. The van der Waals surface area contributed by atoms with Gasteiger partial charge in [-0.1, -0.05) is 59.8 Å². The molecule has 0 bridgehead atoms. The molecule has 2 aromatic carbocycles. The molecule has 3 heterocycles. The number of hydrogen-bond acceptors (Lipinski definition) is 6. The topological polar surface area (TPSA) is 87.1 Å². The van der Waals surface area contributed by atoms with Gasteiger partial charge in [-0.15, -0.1) is 0 Å². The van der Waals surface area contributed by atoms with Crippen LogP contribution in [-0.2, 0) is 11.3 Å². The molecular weight excluding hydrogens is 460 g/mol. The highest BCUT2D eigenvalue weighted by atomic mass is 32.2. The van der Waals surface area contributed by atoms with Crippen molar-refractivity contribution in [2.75, 3.05) is 31.9 Å². The van der Waals surface area contributed by atoms with Crippen LogP contribution in [0.2, 0.25) is 0 Å². The largest absolute Gasteiger partial charge is 0.341 e. The van der Waals surface area contributed by atoms with Gasteiger partial charge in [-0.3, -0.25) is 14.5 Å². The van der Waals surface area contributed by atoms with Crippen LogP contribution >= 0.6 is 11.8 Å². The summed E-state index contributed by atoms with van der Waals surface area (Å²) >= 11 is 1.26. The van der Waals surface area contributed by atoms with Crippen LogP contribution in [0.3, 0.4) is 0 Å². The molecule has 2 aromatic heterocycles. The van der Waals surface area contributed by atoms with Gasteiger partial charge >= 0.3 is 0 Å². The van der Waals surface area contributed by atoms with Gasteiger partial charge in [0.05, 0.1) is 17.6 Å². The monoisotopic (exact) mass is 488 g/mol. The molecule has 1 aliphatic rings. The van der Waals surface area contributed by atoms with E-state index in [-0.39, 0.29) is 17.2 Å². The number of thioether (sulfide) groups is 1. The van der Waals surface area contributed by atoms with E-state index < -0.39 is 0 Å². The van der Waals surface area contributed by atoms with Crippen molar-refractivity contribution in [2.24, 2.45) is 0 Å². The first kappa shape index (κ1) is 23.3. The quantitative estimate of drug-likeness (QED) is 0.331. The van der Waals surface area contributed by atoms with Crippen LogP contribution in [0.15, 0.2) is 70.7 Å². The molecule has 1 aliphatic heterocycles. The van der Waals surface area contributed by atoms with Crippen LogP contribution in [0.4, 0.5) is 0 Å². The summed E-state index contributed by atoms with van der Waals surface area (Å²) in [5, 5.41) is 5.18. The predicted octanol–water partition coefficient (Wildman–Crippen LogP) is 3.24. The lowest BCUT2D eigenvalue weighted by molar-refractivity contribution is -0.128. The average molecular weight is 489 g/mol. The zero-order valence-electron chi connectivity index (χ0n) is 19.7. The third-order valence-electron chi connectivity index (χ3n) is 6.22. The SMILES string of the molecule is Cc1ccc(CN2CCCN(C(=O)CSc3nc4c(cnn4-c4ccccc4)c(=O)[nH]3)CC2)cc1. The van der Waals surface area contributed by atoms with Crippen LogP contribution in [0.1, 0.15) is 17.5 Å². The normalized spacial score (nSPS) is 14.8.